The quantitative estimate of drug-likeness (QED) is 0.268. The number of ether oxygens (including phenoxy) is 1. The molecule has 0 saturated carbocycles. The Balaban J connectivity index is 4.24. The number of hydrogen-bond donors (Lipinski definition) is 1. The Morgan fingerprint density at radius 3 is 2.20 bits per heavy atom. The van der Waals surface area contributed by atoms with Gasteiger partial charge < -0.3 is 9.94 Å². The molecule has 0 fully saturated rings. The Bertz CT molecular complexity index is 151. The zero-order valence-electron chi connectivity index (χ0n) is 6.29. The van der Waals surface area contributed by atoms with Gasteiger partial charge in [0.05, 0.1) is 7.11 Å². The first-order valence-electron chi connectivity index (χ1n) is 2.93. The van der Waals surface area contributed by atoms with Gasteiger partial charge in [-0.25, -0.2) is 4.79 Å². The van der Waals surface area contributed by atoms with Crippen molar-refractivity contribution in [1.29, 1.82) is 0 Å². The predicted molar refractivity (Wildman–Crippen MR) is 36.1 cm³/mol. The molecule has 0 aromatic carbocycles. The highest BCUT2D eigenvalue weighted by molar-refractivity contribution is 6.36. The Morgan fingerprint density at radius 1 is 1.60 bits per heavy atom. The third-order valence-corrected chi connectivity index (χ3v) is 1.05. The van der Waals surface area contributed by atoms with Gasteiger partial charge in [0.1, 0.15) is 0 Å². The molecule has 4 heteroatoms. The second kappa shape index (κ2) is 3.87. The van der Waals surface area contributed by atoms with Gasteiger partial charge in [0.25, 0.3) is 0 Å². The van der Waals surface area contributed by atoms with E-state index in [1.807, 2.05) is 0 Å². The van der Waals surface area contributed by atoms with Crippen LogP contribution in [-0.4, -0.2) is 24.0 Å². The van der Waals surface area contributed by atoms with Crippen LogP contribution in [0.4, 0.5) is 0 Å². The molecule has 4 nitrogen and oxygen atoms in total. The van der Waals surface area contributed by atoms with Crippen molar-refractivity contribution in [1.82, 2.24) is 0 Å². The molecule has 0 aliphatic heterocycles. The minimum Gasteiger partial charge on any atom is -0.464 e. The lowest BCUT2D eigenvalue weighted by Crippen LogP contribution is -2.21. The molecule has 0 radical (unpaired) electrons. The standard InChI is InChI=1S/C6H11NO3/c1-4(2)5(7-9)6(8)10-3/h4,9H,1-3H3. The maximum absolute atomic E-state index is 10.7. The van der Waals surface area contributed by atoms with Crippen molar-refractivity contribution in [2.45, 2.75) is 13.8 Å². The summed E-state index contributed by atoms with van der Waals surface area (Å²) in [5.74, 6) is -0.699. The van der Waals surface area contributed by atoms with E-state index in [-0.39, 0.29) is 11.6 Å². The number of nitrogens with zero attached hydrogens (tertiary/aromatic N) is 1. The zero-order chi connectivity index (χ0) is 8.15. The average molecular weight is 145 g/mol. The summed E-state index contributed by atoms with van der Waals surface area (Å²) in [4.78, 5) is 10.7. The zero-order valence-corrected chi connectivity index (χ0v) is 6.29. The molecule has 1 N–H and O–H groups in total. The number of rotatable bonds is 2. The molecular weight excluding hydrogens is 134 g/mol. The number of oxime groups is 1. The van der Waals surface area contributed by atoms with E-state index < -0.39 is 5.97 Å². The van der Waals surface area contributed by atoms with E-state index in [1.165, 1.54) is 7.11 Å². The van der Waals surface area contributed by atoms with E-state index >= 15 is 0 Å². The number of carbonyl (C=O) groups excluding carboxylic acids is 1. The molecule has 0 aromatic rings. The van der Waals surface area contributed by atoms with Crippen LogP contribution in [0.3, 0.4) is 0 Å². The van der Waals surface area contributed by atoms with Crippen LogP contribution in [0.15, 0.2) is 5.16 Å². The van der Waals surface area contributed by atoms with Gasteiger partial charge in [0.15, 0.2) is 5.71 Å². The molecular formula is C6H11NO3. The first-order valence-corrected chi connectivity index (χ1v) is 2.93. The first-order chi connectivity index (χ1) is 4.63. The minimum absolute atomic E-state index is 0.0440. The highest BCUT2D eigenvalue weighted by Crippen LogP contribution is 1.97. The lowest BCUT2D eigenvalue weighted by molar-refractivity contribution is -0.133. The molecule has 0 unspecified atom stereocenters. The normalized spacial score (nSPS) is 11.8. The van der Waals surface area contributed by atoms with E-state index in [4.69, 9.17) is 5.21 Å². The van der Waals surface area contributed by atoms with Crippen molar-refractivity contribution in [2.24, 2.45) is 11.1 Å². The smallest absolute Gasteiger partial charge is 0.356 e. The van der Waals surface area contributed by atoms with Crippen LogP contribution in [0.1, 0.15) is 13.8 Å². The van der Waals surface area contributed by atoms with Crippen LogP contribution in [0.25, 0.3) is 0 Å². The van der Waals surface area contributed by atoms with Gasteiger partial charge in [-0.1, -0.05) is 19.0 Å². The van der Waals surface area contributed by atoms with Gasteiger partial charge in [-0.2, -0.15) is 0 Å². The first kappa shape index (κ1) is 8.94. The van der Waals surface area contributed by atoms with E-state index in [0.29, 0.717) is 0 Å². The number of esters is 1. The predicted octanol–water partition coefficient (Wildman–Crippen LogP) is 0.646. The molecule has 10 heavy (non-hydrogen) atoms. The van der Waals surface area contributed by atoms with Crippen LogP contribution < -0.4 is 0 Å². The Labute approximate surface area is 59.5 Å². The summed E-state index contributed by atoms with van der Waals surface area (Å²) < 4.78 is 4.33. The topological polar surface area (TPSA) is 58.9 Å². The van der Waals surface area contributed by atoms with Crippen LogP contribution in [-0.2, 0) is 9.53 Å². The molecule has 0 aliphatic carbocycles. The van der Waals surface area contributed by atoms with E-state index in [9.17, 15) is 4.79 Å². The fraction of sp³-hybridized carbons (Fsp3) is 0.667. The fourth-order valence-corrected chi connectivity index (χ4v) is 0.497. The molecule has 0 atom stereocenters. The summed E-state index contributed by atoms with van der Waals surface area (Å²) in [7, 11) is 1.25. The number of hydrogen-bond acceptors (Lipinski definition) is 4. The summed E-state index contributed by atoms with van der Waals surface area (Å²) in [6, 6.07) is 0. The third kappa shape index (κ3) is 2.05. The summed E-state index contributed by atoms with van der Waals surface area (Å²) in [6.07, 6.45) is 0. The second-order valence-electron chi connectivity index (χ2n) is 2.13. The monoisotopic (exact) mass is 145 g/mol. The van der Waals surface area contributed by atoms with Gasteiger partial charge in [-0.05, 0) is 0 Å². The SMILES string of the molecule is COC(=O)C(=NO)C(C)C. The molecule has 0 aliphatic rings. The third-order valence-electron chi connectivity index (χ3n) is 1.05. The van der Waals surface area contributed by atoms with Crippen LogP contribution in [0.2, 0.25) is 0 Å². The molecule has 0 rings (SSSR count). The molecule has 0 bridgehead atoms. The van der Waals surface area contributed by atoms with E-state index in [0.717, 1.165) is 0 Å². The van der Waals surface area contributed by atoms with E-state index in [2.05, 4.69) is 9.89 Å². The van der Waals surface area contributed by atoms with Crippen LogP contribution in [0, 0.1) is 5.92 Å². The highest BCUT2D eigenvalue weighted by atomic mass is 16.5. The molecule has 0 spiro atoms. The van der Waals surface area contributed by atoms with Crippen molar-refractivity contribution in [2.75, 3.05) is 7.11 Å². The lowest BCUT2D eigenvalue weighted by Gasteiger charge is -2.03. The van der Waals surface area contributed by atoms with Gasteiger partial charge >= 0.3 is 5.97 Å². The number of methoxy groups -OCH3 is 1. The average Bonchev–Trinajstić information content (AvgIpc) is 1.88. The minimum atomic E-state index is -0.586. The van der Waals surface area contributed by atoms with Gasteiger partial charge in [-0.3, -0.25) is 0 Å². The Morgan fingerprint density at radius 2 is 2.10 bits per heavy atom. The summed E-state index contributed by atoms with van der Waals surface area (Å²) in [5, 5.41) is 11.1. The summed E-state index contributed by atoms with van der Waals surface area (Å²) in [6.45, 7) is 3.48. The Kier molecular flexibility index (Phi) is 3.46. The van der Waals surface area contributed by atoms with Crippen LogP contribution >= 0.6 is 0 Å². The summed E-state index contributed by atoms with van der Waals surface area (Å²) >= 11 is 0. The van der Waals surface area contributed by atoms with Gasteiger partial charge in [0, 0.05) is 5.92 Å². The van der Waals surface area contributed by atoms with Gasteiger partial charge in [0.2, 0.25) is 0 Å². The van der Waals surface area contributed by atoms with Crippen molar-refractivity contribution in [3.05, 3.63) is 0 Å². The molecule has 0 saturated heterocycles. The number of carbonyl (C=O) groups is 1. The van der Waals surface area contributed by atoms with Crippen molar-refractivity contribution in [3.8, 4) is 0 Å². The largest absolute Gasteiger partial charge is 0.464 e. The maximum Gasteiger partial charge on any atom is 0.356 e. The molecule has 0 amide bonds. The van der Waals surface area contributed by atoms with Crippen LogP contribution in [0.5, 0.6) is 0 Å². The van der Waals surface area contributed by atoms with Gasteiger partial charge in [-0.15, -0.1) is 0 Å². The lowest BCUT2D eigenvalue weighted by atomic mass is 10.1. The molecule has 0 heterocycles. The molecule has 58 valence electrons. The second-order valence-corrected chi connectivity index (χ2v) is 2.13. The summed E-state index contributed by atoms with van der Waals surface area (Å²) in [5.41, 5.74) is 0.0440. The van der Waals surface area contributed by atoms with Crippen molar-refractivity contribution >= 4 is 11.7 Å². The fourth-order valence-electron chi connectivity index (χ4n) is 0.497. The maximum atomic E-state index is 10.7. The van der Waals surface area contributed by atoms with Crippen molar-refractivity contribution < 1.29 is 14.7 Å². The van der Waals surface area contributed by atoms with E-state index in [1.54, 1.807) is 13.8 Å². The Hall–Kier alpha value is -1.06. The van der Waals surface area contributed by atoms with Crippen molar-refractivity contribution in [3.63, 3.8) is 0 Å². The molecule has 0 aromatic heterocycles. The highest BCUT2D eigenvalue weighted by Gasteiger charge is 2.15.